The molecule has 2 fully saturated rings. The van der Waals surface area contributed by atoms with E-state index < -0.39 is 0 Å². The minimum Gasteiger partial charge on any atom is -0.490 e. The molecule has 1 aliphatic carbocycles. The van der Waals surface area contributed by atoms with Gasteiger partial charge >= 0.3 is 0 Å². The van der Waals surface area contributed by atoms with Gasteiger partial charge in [-0.25, -0.2) is 9.97 Å². The van der Waals surface area contributed by atoms with E-state index >= 15 is 0 Å². The second kappa shape index (κ2) is 10.1. The number of aromatic nitrogens is 2. The largest absolute Gasteiger partial charge is 0.490 e. The van der Waals surface area contributed by atoms with Crippen molar-refractivity contribution in [2.75, 3.05) is 31.7 Å². The smallest absolute Gasteiger partial charge is 0.143 e. The second-order valence-electron chi connectivity index (χ2n) is 10.9. The fourth-order valence-corrected chi connectivity index (χ4v) is 6.99. The van der Waals surface area contributed by atoms with Crippen molar-refractivity contribution in [2.24, 2.45) is 11.7 Å². The molecule has 0 radical (unpaired) electrons. The van der Waals surface area contributed by atoms with E-state index in [9.17, 15) is 0 Å². The van der Waals surface area contributed by atoms with Crippen LogP contribution in [0.2, 0.25) is 0 Å². The van der Waals surface area contributed by atoms with Crippen LogP contribution in [0.1, 0.15) is 41.8 Å². The third-order valence-electron chi connectivity index (χ3n) is 7.95. The molecule has 5 atom stereocenters. The van der Waals surface area contributed by atoms with E-state index in [0.717, 1.165) is 66.5 Å². The lowest BCUT2D eigenvalue weighted by Gasteiger charge is -2.32. The molecule has 9 heteroatoms. The third-order valence-corrected chi connectivity index (χ3v) is 9.11. The van der Waals surface area contributed by atoms with Crippen LogP contribution < -0.4 is 15.8 Å². The van der Waals surface area contributed by atoms with Gasteiger partial charge in [0.25, 0.3) is 0 Å². The number of ether oxygens (including phenoxy) is 3. The van der Waals surface area contributed by atoms with Crippen LogP contribution in [0.25, 0.3) is 10.2 Å². The Balaban J connectivity index is 1.24. The molecule has 2 saturated heterocycles. The first-order valence-corrected chi connectivity index (χ1v) is 14.2. The van der Waals surface area contributed by atoms with E-state index in [1.165, 1.54) is 21.6 Å². The highest BCUT2D eigenvalue weighted by Crippen LogP contribution is 2.46. The number of fused-ring (bicyclic) bond motifs is 3. The molecule has 8 nitrogen and oxygen atoms in total. The molecule has 5 unspecified atom stereocenters. The monoisotopic (exact) mass is 523 g/mol. The number of morpholine rings is 1. The third kappa shape index (κ3) is 4.95. The number of hydrogen-bond acceptors (Lipinski definition) is 9. The predicted octanol–water partition coefficient (Wildman–Crippen LogP) is 4.33. The van der Waals surface area contributed by atoms with Gasteiger partial charge < -0.3 is 25.3 Å². The van der Waals surface area contributed by atoms with E-state index in [1.807, 2.05) is 6.92 Å². The fraction of sp³-hybridized carbons (Fsp3) is 0.571. The van der Waals surface area contributed by atoms with Crippen molar-refractivity contribution in [1.29, 1.82) is 0 Å². The van der Waals surface area contributed by atoms with Crippen molar-refractivity contribution < 1.29 is 14.2 Å². The Morgan fingerprint density at radius 1 is 1.27 bits per heavy atom. The number of anilines is 2. The zero-order valence-corrected chi connectivity index (χ0v) is 22.9. The molecule has 0 amide bonds. The Kier molecular flexibility index (Phi) is 6.83. The Hall–Kier alpha value is -2.30. The maximum Gasteiger partial charge on any atom is 0.143 e. The average molecular weight is 524 g/mol. The zero-order valence-electron chi connectivity index (χ0n) is 22.1. The average Bonchev–Trinajstić information content (AvgIpc) is 3.58. The highest BCUT2D eigenvalue weighted by molar-refractivity contribution is 7.19. The predicted molar refractivity (Wildman–Crippen MR) is 147 cm³/mol. The lowest BCUT2D eigenvalue weighted by Crippen LogP contribution is -2.46. The molecule has 3 N–H and O–H groups in total. The number of nitrogens with zero attached hydrogens (tertiary/aromatic N) is 3. The van der Waals surface area contributed by atoms with E-state index in [2.05, 4.69) is 53.1 Å². The van der Waals surface area contributed by atoms with Gasteiger partial charge in [0.2, 0.25) is 0 Å². The summed E-state index contributed by atoms with van der Waals surface area (Å²) in [7, 11) is 0. The molecule has 1 aromatic carbocycles. The summed E-state index contributed by atoms with van der Waals surface area (Å²) in [5.74, 6) is 2.19. The van der Waals surface area contributed by atoms with Crippen LogP contribution in [0.4, 0.5) is 11.5 Å². The highest BCUT2D eigenvalue weighted by Gasteiger charge is 2.50. The van der Waals surface area contributed by atoms with Crippen LogP contribution in [-0.2, 0) is 22.3 Å². The van der Waals surface area contributed by atoms with Gasteiger partial charge in [-0.1, -0.05) is 0 Å². The lowest BCUT2D eigenvalue weighted by molar-refractivity contribution is -0.0217. The van der Waals surface area contributed by atoms with Crippen molar-refractivity contribution in [2.45, 2.75) is 71.4 Å². The van der Waals surface area contributed by atoms with Gasteiger partial charge in [-0.3, -0.25) is 4.90 Å². The topological polar surface area (TPSA) is 98.1 Å². The molecular weight excluding hydrogens is 486 g/mol. The van der Waals surface area contributed by atoms with Gasteiger partial charge in [0.1, 0.15) is 41.7 Å². The Morgan fingerprint density at radius 3 is 2.92 bits per heavy atom. The molecule has 0 bridgehead atoms. The number of epoxide rings is 1. The van der Waals surface area contributed by atoms with Gasteiger partial charge in [0.05, 0.1) is 24.3 Å². The molecule has 3 aromatic rings. The van der Waals surface area contributed by atoms with Crippen LogP contribution in [0.5, 0.6) is 5.75 Å². The van der Waals surface area contributed by atoms with E-state index in [1.54, 1.807) is 17.7 Å². The molecule has 2 aromatic heterocycles. The minimum absolute atomic E-state index is 0.0430. The summed E-state index contributed by atoms with van der Waals surface area (Å²) in [5.41, 5.74) is 10.6. The second-order valence-corrected chi connectivity index (χ2v) is 12.0. The summed E-state index contributed by atoms with van der Waals surface area (Å²) < 4.78 is 17.9. The van der Waals surface area contributed by atoms with Crippen LogP contribution in [0.3, 0.4) is 0 Å². The van der Waals surface area contributed by atoms with Crippen LogP contribution >= 0.6 is 11.3 Å². The maximum absolute atomic E-state index is 6.24. The SMILES string of the molecule is Cc1cc(Nc2ncnc3sc4c(c23)CCC(C2OC2N2CCOCC2C)C4)c(OCC(C)N)cc1C. The lowest BCUT2D eigenvalue weighted by atomic mass is 9.85. The summed E-state index contributed by atoms with van der Waals surface area (Å²) >= 11 is 1.81. The number of benzene rings is 1. The van der Waals surface area contributed by atoms with Gasteiger partial charge in [-0.05, 0) is 81.7 Å². The zero-order chi connectivity index (χ0) is 25.7. The molecular formula is C28H37N5O3S. The van der Waals surface area contributed by atoms with Gasteiger partial charge in [-0.2, -0.15) is 0 Å². The van der Waals surface area contributed by atoms with Crippen LogP contribution in [0, 0.1) is 19.8 Å². The molecule has 3 aliphatic rings. The van der Waals surface area contributed by atoms with E-state index in [4.69, 9.17) is 19.9 Å². The van der Waals surface area contributed by atoms with Crippen molar-refractivity contribution in [3.63, 3.8) is 0 Å². The molecule has 2 aliphatic heterocycles. The van der Waals surface area contributed by atoms with E-state index in [0.29, 0.717) is 24.7 Å². The highest BCUT2D eigenvalue weighted by atomic mass is 32.1. The number of nitrogens with two attached hydrogens (primary N) is 1. The molecule has 0 spiro atoms. The molecule has 198 valence electrons. The summed E-state index contributed by atoms with van der Waals surface area (Å²) in [6.45, 7) is 11.4. The first-order valence-electron chi connectivity index (χ1n) is 13.4. The summed E-state index contributed by atoms with van der Waals surface area (Å²) in [6.07, 6.45) is 5.42. The van der Waals surface area contributed by atoms with Gasteiger partial charge in [-0.15, -0.1) is 11.3 Å². The summed E-state index contributed by atoms with van der Waals surface area (Å²) in [5, 5.41) is 4.74. The Morgan fingerprint density at radius 2 is 2.11 bits per heavy atom. The fourth-order valence-electron chi connectivity index (χ4n) is 5.71. The molecule has 4 heterocycles. The van der Waals surface area contributed by atoms with Crippen molar-refractivity contribution >= 4 is 33.1 Å². The first kappa shape index (κ1) is 25.0. The number of aryl methyl sites for hydroxylation is 3. The molecule has 0 saturated carbocycles. The van der Waals surface area contributed by atoms with Crippen LogP contribution in [0.15, 0.2) is 18.5 Å². The molecule has 6 rings (SSSR count). The minimum atomic E-state index is -0.0430. The number of rotatable bonds is 7. The summed E-state index contributed by atoms with van der Waals surface area (Å²) in [6, 6.07) is 4.58. The van der Waals surface area contributed by atoms with Gasteiger partial charge in [0.15, 0.2) is 0 Å². The standard InChI is InChI=1S/C28H37N5O3S/c1-15-9-21(22(10-16(15)2)35-12-17(3)29)32-26-24-20-6-5-19(11-23(20)37-27(24)31-14-30-26)25-28(36-25)33-7-8-34-13-18(33)4/h9-10,14,17-19,25,28H,5-8,11-13,29H2,1-4H3,(H,30,31,32). The quantitative estimate of drug-likeness (QED) is 0.442. The van der Waals surface area contributed by atoms with Gasteiger partial charge in [0, 0.05) is 23.5 Å². The number of hydrogen-bond donors (Lipinski definition) is 2. The Labute approximate surface area is 222 Å². The van der Waals surface area contributed by atoms with Crippen molar-refractivity contribution in [1.82, 2.24) is 14.9 Å². The van der Waals surface area contributed by atoms with E-state index in [-0.39, 0.29) is 12.3 Å². The Bertz CT molecular complexity index is 1290. The molecule has 37 heavy (non-hydrogen) atoms. The van der Waals surface area contributed by atoms with Crippen molar-refractivity contribution in [3.05, 3.63) is 40.0 Å². The normalized spacial score (nSPS) is 26.6. The number of thiophene rings is 1. The van der Waals surface area contributed by atoms with Crippen molar-refractivity contribution in [3.8, 4) is 5.75 Å². The first-order chi connectivity index (χ1) is 17.9. The summed E-state index contributed by atoms with van der Waals surface area (Å²) in [4.78, 5) is 14.3. The van der Waals surface area contributed by atoms with Crippen LogP contribution in [-0.4, -0.2) is 65.6 Å². The number of nitrogens with one attached hydrogen (secondary N) is 1. The maximum atomic E-state index is 6.24.